The average Bonchev–Trinajstić information content (AvgIpc) is 2.82. The summed E-state index contributed by atoms with van der Waals surface area (Å²) in [6.07, 6.45) is 0. The summed E-state index contributed by atoms with van der Waals surface area (Å²) in [5, 5.41) is 0. The van der Waals surface area contributed by atoms with Crippen LogP contribution in [0.1, 0.15) is 5.56 Å². The minimum absolute atomic E-state index is 0.0986. The number of ether oxygens (including phenoxy) is 1. The second-order valence-corrected chi connectivity index (χ2v) is 12.3. The number of alkyl halides is 2. The predicted octanol–water partition coefficient (Wildman–Crippen LogP) is 4.55. The summed E-state index contributed by atoms with van der Waals surface area (Å²) in [4.78, 5) is 2.18. The molecule has 36 heavy (non-hydrogen) atoms. The molecular weight excluding hydrogens is 513 g/mol. The summed E-state index contributed by atoms with van der Waals surface area (Å²) >= 11 is 0. The first-order chi connectivity index (χ1) is 17.1. The average molecular weight is 537 g/mol. The van der Waals surface area contributed by atoms with Gasteiger partial charge in [-0.3, -0.25) is 8.51 Å². The first-order valence-corrected chi connectivity index (χ1v) is 14.2. The number of halogens is 3. The molecule has 0 spiro atoms. The van der Waals surface area contributed by atoms with Gasteiger partial charge in [-0.2, -0.15) is 8.78 Å². The van der Waals surface area contributed by atoms with Gasteiger partial charge in [0.25, 0.3) is 10.0 Å². The number of hydrogen-bond donors (Lipinski definition) is 0. The monoisotopic (exact) mass is 536 g/mol. The van der Waals surface area contributed by atoms with Crippen molar-refractivity contribution in [3.8, 4) is 16.9 Å². The van der Waals surface area contributed by atoms with Crippen molar-refractivity contribution in [2.75, 3.05) is 33.8 Å². The molecule has 0 amide bonds. The van der Waals surface area contributed by atoms with Crippen molar-refractivity contribution in [3.05, 3.63) is 72.0 Å². The molecule has 11 heteroatoms. The molecule has 3 aromatic carbocycles. The summed E-state index contributed by atoms with van der Waals surface area (Å²) in [5.41, 5.74) is 2.54. The van der Waals surface area contributed by atoms with Crippen LogP contribution in [0.2, 0.25) is 0 Å². The first kappa shape index (κ1) is 24.6. The Labute approximate surface area is 209 Å². The molecule has 2 aliphatic rings. The number of sulfonamides is 1. The van der Waals surface area contributed by atoms with Gasteiger partial charge < -0.3 is 9.64 Å². The van der Waals surface area contributed by atoms with Gasteiger partial charge in [0.1, 0.15) is 11.6 Å². The van der Waals surface area contributed by atoms with E-state index in [9.17, 15) is 25.8 Å². The summed E-state index contributed by atoms with van der Waals surface area (Å²) in [6, 6.07) is 14.7. The van der Waals surface area contributed by atoms with Crippen LogP contribution in [0.15, 0.2) is 65.6 Å². The molecule has 190 valence electrons. The molecule has 0 N–H and O–H groups in total. The summed E-state index contributed by atoms with van der Waals surface area (Å²) in [6.45, 7) is -0.703. The van der Waals surface area contributed by atoms with E-state index >= 15 is 0 Å². The van der Waals surface area contributed by atoms with Crippen LogP contribution in [0.25, 0.3) is 11.1 Å². The van der Waals surface area contributed by atoms with E-state index in [0.717, 1.165) is 11.6 Å². The molecule has 5 rings (SSSR count). The Morgan fingerprint density at radius 3 is 2.58 bits per heavy atom. The molecular formula is C25H23F3N2O4S2. The zero-order chi connectivity index (χ0) is 25.6. The third-order valence-electron chi connectivity index (χ3n) is 6.32. The summed E-state index contributed by atoms with van der Waals surface area (Å²) in [7, 11) is -5.04. The topological polar surface area (TPSA) is 66.9 Å². The molecule has 3 aromatic rings. The largest absolute Gasteiger partial charge is 0.435 e. The van der Waals surface area contributed by atoms with Crippen molar-refractivity contribution < 1.29 is 30.5 Å². The number of hydrogen-bond acceptors (Lipinski definition) is 5. The number of aryl methyl sites for hydroxylation is 1. The molecule has 0 radical (unpaired) electrons. The maximum absolute atomic E-state index is 14.2. The normalized spacial score (nSPS) is 19.7. The lowest BCUT2D eigenvalue weighted by Gasteiger charge is -2.46. The Morgan fingerprint density at radius 1 is 1.03 bits per heavy atom. The van der Waals surface area contributed by atoms with E-state index in [2.05, 4.69) is 9.64 Å². The Kier molecular flexibility index (Phi) is 6.46. The van der Waals surface area contributed by atoms with E-state index in [4.69, 9.17) is 0 Å². The van der Waals surface area contributed by atoms with Gasteiger partial charge in [-0.1, -0.05) is 18.2 Å². The van der Waals surface area contributed by atoms with Crippen LogP contribution < -0.4 is 13.9 Å². The highest BCUT2D eigenvalue weighted by atomic mass is 32.2. The van der Waals surface area contributed by atoms with Crippen molar-refractivity contribution >= 4 is 32.2 Å². The van der Waals surface area contributed by atoms with E-state index in [-0.39, 0.29) is 28.8 Å². The van der Waals surface area contributed by atoms with E-state index in [1.807, 2.05) is 0 Å². The van der Waals surface area contributed by atoms with E-state index in [1.54, 1.807) is 43.3 Å². The van der Waals surface area contributed by atoms with Crippen molar-refractivity contribution in [1.29, 1.82) is 0 Å². The first-order valence-electron chi connectivity index (χ1n) is 11.2. The van der Waals surface area contributed by atoms with Gasteiger partial charge >= 0.3 is 6.61 Å². The molecule has 2 unspecified atom stereocenters. The van der Waals surface area contributed by atoms with Crippen LogP contribution >= 0.6 is 0 Å². The molecule has 2 heterocycles. The molecule has 1 fully saturated rings. The van der Waals surface area contributed by atoms with E-state index < -0.39 is 33.3 Å². The fraction of sp³-hybridized carbons (Fsp3) is 0.280. The maximum atomic E-state index is 14.2. The highest BCUT2D eigenvalue weighted by Crippen LogP contribution is 2.42. The van der Waals surface area contributed by atoms with Gasteiger partial charge in [-0.15, -0.1) is 0 Å². The van der Waals surface area contributed by atoms with Crippen molar-refractivity contribution in [3.63, 3.8) is 0 Å². The number of rotatable bonds is 5. The van der Waals surface area contributed by atoms with Gasteiger partial charge in [0.15, 0.2) is 0 Å². The standard InChI is InChI=1S/C25H23F3N2O4S2/c1-16-3-2-4-22(9-16)36(32,33)30-14-20-15-35(31)8-7-29(20)23-6-5-17(12-24(23)30)18-10-19(26)13-21(11-18)34-25(27)28/h2-6,9-13,20,25H,7-8,14-15H2,1H3. The van der Waals surface area contributed by atoms with Crippen LogP contribution in [0.5, 0.6) is 5.75 Å². The van der Waals surface area contributed by atoms with Gasteiger partial charge in [0, 0.05) is 34.9 Å². The van der Waals surface area contributed by atoms with Crippen LogP contribution in [0.4, 0.5) is 24.5 Å². The van der Waals surface area contributed by atoms with Crippen molar-refractivity contribution in [2.24, 2.45) is 0 Å². The van der Waals surface area contributed by atoms with Gasteiger partial charge in [0.2, 0.25) is 0 Å². The van der Waals surface area contributed by atoms with Gasteiger partial charge in [-0.25, -0.2) is 12.8 Å². The Hall–Kier alpha value is -3.05. The Morgan fingerprint density at radius 2 is 1.83 bits per heavy atom. The molecule has 0 aliphatic carbocycles. The predicted molar refractivity (Wildman–Crippen MR) is 133 cm³/mol. The van der Waals surface area contributed by atoms with Gasteiger partial charge in [0.05, 0.1) is 28.9 Å². The number of anilines is 2. The molecule has 0 saturated carbocycles. The van der Waals surface area contributed by atoms with Crippen LogP contribution in [0, 0.1) is 12.7 Å². The minimum Gasteiger partial charge on any atom is -0.435 e. The lowest BCUT2D eigenvalue weighted by molar-refractivity contribution is -0.0499. The summed E-state index contributed by atoms with van der Waals surface area (Å²) < 4.78 is 85.3. The quantitative estimate of drug-likeness (QED) is 0.479. The van der Waals surface area contributed by atoms with Crippen LogP contribution in [0.3, 0.4) is 0 Å². The molecule has 6 nitrogen and oxygen atoms in total. The molecule has 2 aliphatic heterocycles. The van der Waals surface area contributed by atoms with E-state index in [1.165, 1.54) is 22.5 Å². The second-order valence-electron chi connectivity index (χ2n) is 8.77. The maximum Gasteiger partial charge on any atom is 0.387 e. The highest BCUT2D eigenvalue weighted by molar-refractivity contribution is 7.92. The molecule has 2 atom stereocenters. The SMILES string of the molecule is Cc1cccc(S(=O)(=O)N2CC3CS(=O)CCN3c3ccc(-c4cc(F)cc(OC(F)F)c4)cc32)c1. The minimum atomic E-state index is -3.99. The summed E-state index contributed by atoms with van der Waals surface area (Å²) in [5.74, 6) is -0.274. The van der Waals surface area contributed by atoms with Crippen molar-refractivity contribution in [2.45, 2.75) is 24.5 Å². The fourth-order valence-electron chi connectivity index (χ4n) is 4.71. The number of benzene rings is 3. The Balaban J connectivity index is 1.64. The van der Waals surface area contributed by atoms with Crippen LogP contribution in [-0.4, -0.2) is 49.9 Å². The zero-order valence-electron chi connectivity index (χ0n) is 19.2. The van der Waals surface area contributed by atoms with Crippen LogP contribution in [-0.2, 0) is 20.8 Å². The second kappa shape index (κ2) is 9.44. The Bertz CT molecular complexity index is 1450. The number of nitrogens with zero attached hydrogens (tertiary/aromatic N) is 2. The third-order valence-corrected chi connectivity index (χ3v) is 9.49. The molecule has 0 bridgehead atoms. The smallest absolute Gasteiger partial charge is 0.387 e. The molecule has 0 aromatic heterocycles. The zero-order valence-corrected chi connectivity index (χ0v) is 20.9. The fourth-order valence-corrected chi connectivity index (χ4v) is 7.60. The lowest BCUT2D eigenvalue weighted by atomic mass is 10.0. The highest BCUT2D eigenvalue weighted by Gasteiger charge is 2.40. The van der Waals surface area contributed by atoms with E-state index in [0.29, 0.717) is 35.0 Å². The van der Waals surface area contributed by atoms with Gasteiger partial charge in [-0.05, 0) is 60.0 Å². The lowest BCUT2D eigenvalue weighted by Crippen LogP contribution is -2.56. The van der Waals surface area contributed by atoms with Crippen molar-refractivity contribution in [1.82, 2.24) is 0 Å². The number of fused-ring (bicyclic) bond motifs is 3. The molecule has 1 saturated heterocycles. The third kappa shape index (κ3) is 4.69.